The highest BCUT2D eigenvalue weighted by atomic mass is 127. The molecular formula is C25H33FIN7. The summed E-state index contributed by atoms with van der Waals surface area (Å²) in [6, 6.07) is 17.5. The largest absolute Gasteiger partial charge is 0.371 e. The number of guanidine groups is 1. The molecule has 1 saturated heterocycles. The zero-order valence-electron chi connectivity index (χ0n) is 19.9. The molecule has 2 aromatic carbocycles. The number of aromatic nitrogens is 3. The van der Waals surface area contributed by atoms with Gasteiger partial charge in [-0.3, -0.25) is 0 Å². The van der Waals surface area contributed by atoms with Gasteiger partial charge >= 0.3 is 0 Å². The van der Waals surface area contributed by atoms with E-state index in [1.54, 1.807) is 12.1 Å². The molecule has 1 aliphatic heterocycles. The van der Waals surface area contributed by atoms with Crippen LogP contribution in [0.4, 0.5) is 10.1 Å². The van der Waals surface area contributed by atoms with Crippen molar-refractivity contribution < 1.29 is 4.39 Å². The van der Waals surface area contributed by atoms with Crippen molar-refractivity contribution in [2.24, 2.45) is 12.0 Å². The normalized spacial score (nSPS) is 15.5. The molecule has 1 aliphatic rings. The van der Waals surface area contributed by atoms with E-state index in [0.29, 0.717) is 6.54 Å². The number of benzene rings is 2. The molecule has 9 heteroatoms. The van der Waals surface area contributed by atoms with Gasteiger partial charge in [0, 0.05) is 31.9 Å². The SMILES string of the molecule is Cc1nnc(CN=C(NC2CCN(c3cccc(F)c3)CC2)NC(C)c2ccccc2)n1C.I. The van der Waals surface area contributed by atoms with E-state index >= 15 is 0 Å². The third-order valence-electron chi connectivity index (χ3n) is 6.22. The molecule has 1 unspecified atom stereocenters. The van der Waals surface area contributed by atoms with Crippen LogP contribution in [-0.4, -0.2) is 39.9 Å². The highest BCUT2D eigenvalue weighted by Crippen LogP contribution is 2.21. The monoisotopic (exact) mass is 577 g/mol. The van der Waals surface area contributed by atoms with Gasteiger partial charge in [0.15, 0.2) is 11.8 Å². The second-order valence-electron chi connectivity index (χ2n) is 8.55. The minimum atomic E-state index is -0.194. The molecule has 7 nitrogen and oxygen atoms in total. The summed E-state index contributed by atoms with van der Waals surface area (Å²) in [5.41, 5.74) is 2.14. The van der Waals surface area contributed by atoms with Gasteiger partial charge in [-0.25, -0.2) is 9.38 Å². The lowest BCUT2D eigenvalue weighted by Crippen LogP contribution is -2.49. The van der Waals surface area contributed by atoms with Crippen molar-refractivity contribution in [3.63, 3.8) is 0 Å². The van der Waals surface area contributed by atoms with Gasteiger partial charge in [-0.1, -0.05) is 36.4 Å². The fourth-order valence-electron chi connectivity index (χ4n) is 4.05. The summed E-state index contributed by atoms with van der Waals surface area (Å²) >= 11 is 0. The molecular weight excluding hydrogens is 544 g/mol. The standard InChI is InChI=1S/C25H32FN7.HI/c1-18(20-8-5-4-6-9-20)28-25(27-17-24-31-30-19(2)32(24)3)29-22-12-14-33(15-13-22)23-11-7-10-21(26)16-23;/h4-11,16,18,22H,12-15,17H2,1-3H3,(H2,27,28,29);1H. The van der Waals surface area contributed by atoms with Gasteiger partial charge in [-0.15, -0.1) is 34.2 Å². The lowest BCUT2D eigenvalue weighted by molar-refractivity contribution is 0.458. The molecule has 0 amide bonds. The fraction of sp³-hybridized carbons (Fsp3) is 0.400. The van der Waals surface area contributed by atoms with Gasteiger partial charge < -0.3 is 20.1 Å². The Hall–Kier alpha value is -2.69. The Bertz CT molecular complexity index is 1080. The lowest BCUT2D eigenvalue weighted by atomic mass is 10.0. The van der Waals surface area contributed by atoms with Crippen LogP contribution in [0.3, 0.4) is 0 Å². The van der Waals surface area contributed by atoms with Crippen LogP contribution >= 0.6 is 24.0 Å². The number of nitrogens with zero attached hydrogens (tertiary/aromatic N) is 5. The van der Waals surface area contributed by atoms with Crippen LogP contribution in [0.25, 0.3) is 0 Å². The van der Waals surface area contributed by atoms with Crippen LogP contribution in [0.1, 0.15) is 43.0 Å². The van der Waals surface area contributed by atoms with Crippen molar-refractivity contribution in [3.05, 3.63) is 77.6 Å². The Kier molecular flexibility index (Phi) is 9.26. The second kappa shape index (κ2) is 12.1. The number of hydrogen-bond donors (Lipinski definition) is 2. The number of hydrogen-bond acceptors (Lipinski definition) is 4. The predicted molar refractivity (Wildman–Crippen MR) is 145 cm³/mol. The number of piperidine rings is 1. The Morgan fingerprint density at radius 1 is 1.12 bits per heavy atom. The Balaban J connectivity index is 0.00000324. The zero-order valence-corrected chi connectivity index (χ0v) is 22.2. The van der Waals surface area contributed by atoms with E-state index in [-0.39, 0.29) is 41.9 Å². The van der Waals surface area contributed by atoms with Crippen molar-refractivity contribution in [2.75, 3.05) is 18.0 Å². The van der Waals surface area contributed by atoms with Crippen LogP contribution in [0.5, 0.6) is 0 Å². The number of halogens is 2. The fourth-order valence-corrected chi connectivity index (χ4v) is 4.05. The molecule has 2 heterocycles. The summed E-state index contributed by atoms with van der Waals surface area (Å²) < 4.78 is 15.6. The summed E-state index contributed by atoms with van der Waals surface area (Å²) in [5.74, 6) is 2.25. The van der Waals surface area contributed by atoms with Gasteiger partial charge in [0.1, 0.15) is 18.2 Å². The zero-order chi connectivity index (χ0) is 23.2. The first-order chi connectivity index (χ1) is 16.0. The van der Waals surface area contributed by atoms with E-state index in [2.05, 4.69) is 44.8 Å². The highest BCUT2D eigenvalue weighted by molar-refractivity contribution is 14.0. The van der Waals surface area contributed by atoms with Crippen molar-refractivity contribution >= 4 is 35.6 Å². The van der Waals surface area contributed by atoms with E-state index < -0.39 is 0 Å². The Morgan fingerprint density at radius 2 is 1.85 bits per heavy atom. The van der Waals surface area contributed by atoms with Gasteiger partial charge in [-0.05, 0) is 50.5 Å². The summed E-state index contributed by atoms with van der Waals surface area (Å²) in [7, 11) is 1.95. The van der Waals surface area contributed by atoms with Crippen molar-refractivity contribution in [2.45, 2.75) is 45.3 Å². The van der Waals surface area contributed by atoms with E-state index in [4.69, 9.17) is 4.99 Å². The molecule has 0 saturated carbocycles. The molecule has 0 bridgehead atoms. The van der Waals surface area contributed by atoms with Gasteiger partial charge in [0.2, 0.25) is 0 Å². The summed E-state index contributed by atoms with van der Waals surface area (Å²) in [4.78, 5) is 7.06. The smallest absolute Gasteiger partial charge is 0.192 e. The maximum absolute atomic E-state index is 13.6. The minimum Gasteiger partial charge on any atom is -0.371 e. The Morgan fingerprint density at radius 3 is 2.50 bits per heavy atom. The quantitative estimate of drug-likeness (QED) is 0.259. The third-order valence-corrected chi connectivity index (χ3v) is 6.22. The molecule has 1 fully saturated rings. The molecule has 1 aromatic heterocycles. The summed E-state index contributed by atoms with van der Waals surface area (Å²) in [5, 5.41) is 15.5. The molecule has 4 rings (SSSR count). The number of nitrogens with one attached hydrogen (secondary N) is 2. The van der Waals surface area contributed by atoms with Crippen LogP contribution in [-0.2, 0) is 13.6 Å². The molecule has 182 valence electrons. The highest BCUT2D eigenvalue weighted by Gasteiger charge is 2.21. The third kappa shape index (κ3) is 6.68. The summed E-state index contributed by atoms with van der Waals surface area (Å²) in [6.45, 7) is 6.24. The molecule has 3 aromatic rings. The number of rotatable bonds is 6. The maximum atomic E-state index is 13.6. The molecule has 0 aliphatic carbocycles. The number of anilines is 1. The van der Waals surface area contributed by atoms with Gasteiger partial charge in [0.05, 0.1) is 6.04 Å². The molecule has 0 radical (unpaired) electrons. The molecule has 1 atom stereocenters. The van der Waals surface area contributed by atoms with Gasteiger partial charge in [-0.2, -0.15) is 0 Å². The van der Waals surface area contributed by atoms with Crippen LogP contribution in [0.2, 0.25) is 0 Å². The summed E-state index contributed by atoms with van der Waals surface area (Å²) in [6.07, 6.45) is 1.89. The average Bonchev–Trinajstić information content (AvgIpc) is 3.16. The van der Waals surface area contributed by atoms with Crippen LogP contribution in [0, 0.1) is 12.7 Å². The number of aliphatic imine (C=N–C) groups is 1. The van der Waals surface area contributed by atoms with E-state index in [9.17, 15) is 4.39 Å². The molecule has 2 N–H and O–H groups in total. The van der Waals surface area contributed by atoms with E-state index in [0.717, 1.165) is 49.2 Å². The van der Waals surface area contributed by atoms with Crippen molar-refractivity contribution in [1.29, 1.82) is 0 Å². The maximum Gasteiger partial charge on any atom is 0.192 e. The lowest BCUT2D eigenvalue weighted by Gasteiger charge is -2.35. The molecule has 0 spiro atoms. The topological polar surface area (TPSA) is 70.4 Å². The average molecular weight is 577 g/mol. The van der Waals surface area contributed by atoms with E-state index in [1.807, 2.05) is 42.8 Å². The van der Waals surface area contributed by atoms with Crippen molar-refractivity contribution in [1.82, 2.24) is 25.4 Å². The number of aryl methyl sites for hydroxylation is 1. The first kappa shape index (κ1) is 25.9. The molecule has 34 heavy (non-hydrogen) atoms. The first-order valence-electron chi connectivity index (χ1n) is 11.5. The van der Waals surface area contributed by atoms with Gasteiger partial charge in [0.25, 0.3) is 0 Å². The second-order valence-corrected chi connectivity index (χ2v) is 8.55. The van der Waals surface area contributed by atoms with Crippen LogP contribution in [0.15, 0.2) is 59.6 Å². The van der Waals surface area contributed by atoms with Crippen LogP contribution < -0.4 is 15.5 Å². The Labute approximate surface area is 217 Å². The van der Waals surface area contributed by atoms with E-state index in [1.165, 1.54) is 11.6 Å². The minimum absolute atomic E-state index is 0. The van der Waals surface area contributed by atoms with Crippen molar-refractivity contribution in [3.8, 4) is 0 Å². The predicted octanol–water partition coefficient (Wildman–Crippen LogP) is 4.35. The first-order valence-corrected chi connectivity index (χ1v) is 11.5.